The van der Waals surface area contributed by atoms with E-state index in [2.05, 4.69) is 21.2 Å². The minimum Gasteiger partial charge on any atom is -0.468 e. The summed E-state index contributed by atoms with van der Waals surface area (Å²) >= 11 is 3.45. The van der Waals surface area contributed by atoms with Gasteiger partial charge in [-0.25, -0.2) is 9.59 Å². The lowest BCUT2D eigenvalue weighted by atomic mass is 9.95. The predicted octanol–water partition coefficient (Wildman–Crippen LogP) is 4.74. The molecule has 0 saturated carbocycles. The number of carbonyl (C=O) groups excluding carboxylic acids is 3. The van der Waals surface area contributed by atoms with Crippen molar-refractivity contribution in [2.75, 3.05) is 32.2 Å². The molecule has 0 radical (unpaired) electrons. The van der Waals surface area contributed by atoms with Crippen LogP contribution in [0.25, 0.3) is 0 Å². The number of esters is 1. The quantitative estimate of drug-likeness (QED) is 0.422. The lowest BCUT2D eigenvalue weighted by Crippen LogP contribution is -2.40. The third-order valence-electron chi connectivity index (χ3n) is 4.28. The molecule has 0 aromatic heterocycles. The molecule has 0 unspecified atom stereocenters. The summed E-state index contributed by atoms with van der Waals surface area (Å²) in [6.07, 6.45) is -1.32. The van der Waals surface area contributed by atoms with Crippen molar-refractivity contribution in [2.24, 2.45) is 0 Å². The van der Waals surface area contributed by atoms with Crippen LogP contribution in [0.5, 0.6) is 0 Å². The Labute approximate surface area is 189 Å². The van der Waals surface area contributed by atoms with E-state index in [0.717, 1.165) is 4.47 Å². The van der Waals surface area contributed by atoms with Crippen LogP contribution in [-0.4, -0.2) is 49.9 Å². The highest BCUT2D eigenvalue weighted by Gasteiger charge is 2.32. The van der Waals surface area contributed by atoms with Gasteiger partial charge in [0.15, 0.2) is 0 Å². The molecule has 0 heterocycles. The molecule has 0 aliphatic heterocycles. The molecular formula is C22H25BrN2O6. The van der Waals surface area contributed by atoms with E-state index in [9.17, 15) is 14.4 Å². The lowest BCUT2D eigenvalue weighted by Gasteiger charge is -2.32. The predicted molar refractivity (Wildman–Crippen MR) is 119 cm³/mol. The van der Waals surface area contributed by atoms with Crippen LogP contribution in [0.4, 0.5) is 15.3 Å². The van der Waals surface area contributed by atoms with Gasteiger partial charge in [0.05, 0.1) is 26.4 Å². The van der Waals surface area contributed by atoms with Gasteiger partial charge in [0.1, 0.15) is 6.54 Å². The first-order valence-corrected chi connectivity index (χ1v) is 10.5. The number of rotatable bonds is 8. The summed E-state index contributed by atoms with van der Waals surface area (Å²) < 4.78 is 15.7. The lowest BCUT2D eigenvalue weighted by molar-refractivity contribution is -0.142. The molecule has 1 atom stereocenters. The summed E-state index contributed by atoms with van der Waals surface area (Å²) in [5, 5.41) is 2.71. The van der Waals surface area contributed by atoms with Gasteiger partial charge in [0, 0.05) is 15.7 Å². The van der Waals surface area contributed by atoms with Gasteiger partial charge in [-0.15, -0.1) is 0 Å². The highest BCUT2D eigenvalue weighted by atomic mass is 79.9. The zero-order valence-corrected chi connectivity index (χ0v) is 19.2. The summed E-state index contributed by atoms with van der Waals surface area (Å²) in [7, 11) is 1.25. The van der Waals surface area contributed by atoms with Crippen molar-refractivity contribution in [3.8, 4) is 0 Å². The van der Waals surface area contributed by atoms with Crippen molar-refractivity contribution in [3.05, 3.63) is 64.1 Å². The Bertz CT molecular complexity index is 906. The average Bonchev–Trinajstić information content (AvgIpc) is 2.76. The number of anilines is 1. The van der Waals surface area contributed by atoms with Crippen LogP contribution in [0.1, 0.15) is 31.0 Å². The highest BCUT2D eigenvalue weighted by molar-refractivity contribution is 9.10. The zero-order chi connectivity index (χ0) is 22.8. The Kier molecular flexibility index (Phi) is 9.33. The minimum absolute atomic E-state index is 0.129. The maximum Gasteiger partial charge on any atom is 0.411 e. The van der Waals surface area contributed by atoms with E-state index in [1.807, 2.05) is 30.3 Å². The molecule has 0 bridgehead atoms. The molecule has 2 rings (SSSR count). The second-order valence-electron chi connectivity index (χ2n) is 6.29. The van der Waals surface area contributed by atoms with Gasteiger partial charge in [0.25, 0.3) is 0 Å². The maximum atomic E-state index is 12.9. The molecule has 0 aliphatic rings. The normalized spacial score (nSPS) is 11.2. The van der Waals surface area contributed by atoms with Crippen molar-refractivity contribution >= 4 is 39.8 Å². The van der Waals surface area contributed by atoms with E-state index in [1.54, 1.807) is 32.0 Å². The third kappa shape index (κ3) is 6.71. The summed E-state index contributed by atoms with van der Waals surface area (Å²) in [4.78, 5) is 38.4. The fourth-order valence-electron chi connectivity index (χ4n) is 2.98. The van der Waals surface area contributed by atoms with Gasteiger partial charge in [-0.2, -0.15) is 0 Å². The van der Waals surface area contributed by atoms with Crippen molar-refractivity contribution < 1.29 is 28.6 Å². The number of carbonyl (C=O) groups is 3. The SMILES string of the molecule is CCOC(=O)Nc1ccc(Br)cc1[C@H](c1ccccc1)N(CC(=O)OC)C(=O)OCC. The van der Waals surface area contributed by atoms with Gasteiger partial charge >= 0.3 is 18.2 Å². The van der Waals surface area contributed by atoms with E-state index in [4.69, 9.17) is 14.2 Å². The zero-order valence-electron chi connectivity index (χ0n) is 17.6. The summed E-state index contributed by atoms with van der Waals surface area (Å²) in [6, 6.07) is 13.6. The fraction of sp³-hybridized carbons (Fsp3) is 0.318. The number of hydrogen-bond donors (Lipinski definition) is 1. The first kappa shape index (κ1) is 24.2. The summed E-state index contributed by atoms with van der Waals surface area (Å²) in [5.74, 6) is -0.608. The van der Waals surface area contributed by atoms with Crippen LogP contribution in [-0.2, 0) is 19.0 Å². The molecule has 2 aromatic rings. The van der Waals surface area contributed by atoms with Crippen molar-refractivity contribution in [1.29, 1.82) is 0 Å². The Morgan fingerprint density at radius 2 is 1.71 bits per heavy atom. The Balaban J connectivity index is 2.65. The molecule has 9 heteroatoms. The molecular weight excluding hydrogens is 468 g/mol. The Morgan fingerprint density at radius 3 is 2.32 bits per heavy atom. The van der Waals surface area contributed by atoms with E-state index >= 15 is 0 Å². The van der Waals surface area contributed by atoms with Crippen LogP contribution in [0, 0.1) is 0 Å². The first-order valence-electron chi connectivity index (χ1n) is 9.69. The fourth-order valence-corrected chi connectivity index (χ4v) is 3.36. The molecule has 0 saturated heterocycles. The second-order valence-corrected chi connectivity index (χ2v) is 7.21. The number of nitrogens with one attached hydrogen (secondary N) is 1. The van der Waals surface area contributed by atoms with Gasteiger partial charge < -0.3 is 14.2 Å². The second kappa shape index (κ2) is 11.9. The summed E-state index contributed by atoms with van der Waals surface area (Å²) in [5.41, 5.74) is 1.70. The first-order chi connectivity index (χ1) is 14.9. The maximum absolute atomic E-state index is 12.9. The number of nitrogens with zero attached hydrogens (tertiary/aromatic N) is 1. The van der Waals surface area contributed by atoms with Crippen LogP contribution in [0.3, 0.4) is 0 Å². The summed E-state index contributed by atoms with van der Waals surface area (Å²) in [6.45, 7) is 3.37. The van der Waals surface area contributed by atoms with Gasteiger partial charge in [-0.1, -0.05) is 46.3 Å². The van der Waals surface area contributed by atoms with E-state index in [0.29, 0.717) is 16.8 Å². The molecule has 2 amide bonds. The van der Waals surface area contributed by atoms with Crippen LogP contribution >= 0.6 is 15.9 Å². The van der Waals surface area contributed by atoms with Crippen molar-refractivity contribution in [1.82, 2.24) is 4.90 Å². The van der Waals surface area contributed by atoms with E-state index in [1.165, 1.54) is 12.0 Å². The molecule has 0 aliphatic carbocycles. The number of amides is 2. The monoisotopic (exact) mass is 492 g/mol. The Hall–Kier alpha value is -3.07. The molecule has 8 nitrogen and oxygen atoms in total. The number of ether oxygens (including phenoxy) is 3. The van der Waals surface area contributed by atoms with Crippen LogP contribution in [0.2, 0.25) is 0 Å². The van der Waals surface area contributed by atoms with Gasteiger partial charge in [-0.3, -0.25) is 15.0 Å². The highest BCUT2D eigenvalue weighted by Crippen LogP contribution is 2.36. The molecule has 31 heavy (non-hydrogen) atoms. The molecule has 2 aromatic carbocycles. The smallest absolute Gasteiger partial charge is 0.411 e. The van der Waals surface area contributed by atoms with Gasteiger partial charge in [0.2, 0.25) is 0 Å². The number of benzene rings is 2. The van der Waals surface area contributed by atoms with Gasteiger partial charge in [-0.05, 0) is 37.6 Å². The molecule has 166 valence electrons. The third-order valence-corrected chi connectivity index (χ3v) is 4.77. The average molecular weight is 493 g/mol. The van der Waals surface area contributed by atoms with Crippen molar-refractivity contribution in [2.45, 2.75) is 19.9 Å². The minimum atomic E-state index is -0.756. The van der Waals surface area contributed by atoms with E-state index < -0.39 is 24.2 Å². The topological polar surface area (TPSA) is 94.2 Å². The van der Waals surface area contributed by atoms with Crippen LogP contribution < -0.4 is 5.32 Å². The van der Waals surface area contributed by atoms with Crippen LogP contribution in [0.15, 0.2) is 53.0 Å². The molecule has 1 N–H and O–H groups in total. The Morgan fingerprint density at radius 1 is 1.03 bits per heavy atom. The standard InChI is InChI=1S/C22H25BrN2O6/c1-4-30-21(27)24-18-12-11-16(23)13-17(18)20(15-9-7-6-8-10-15)25(14-19(26)29-3)22(28)31-5-2/h6-13,20H,4-5,14H2,1-3H3,(H,24,27)/t20-/m0/s1. The largest absolute Gasteiger partial charge is 0.468 e. The molecule has 0 spiro atoms. The molecule has 0 fully saturated rings. The number of methoxy groups -OCH3 is 1. The van der Waals surface area contributed by atoms with Crippen molar-refractivity contribution in [3.63, 3.8) is 0 Å². The number of hydrogen-bond acceptors (Lipinski definition) is 6. The number of halogens is 1. The van der Waals surface area contributed by atoms with E-state index in [-0.39, 0.29) is 19.8 Å².